The maximum absolute atomic E-state index is 3.54. The summed E-state index contributed by atoms with van der Waals surface area (Å²) in [4.78, 5) is 2.91. The molecular formula is C10H15BrS. The molecule has 68 valence electrons. The first-order chi connectivity index (χ1) is 5.53. The number of aryl methyl sites for hydroxylation is 1. The van der Waals surface area contributed by atoms with Gasteiger partial charge in [-0.15, -0.1) is 11.3 Å². The maximum Gasteiger partial charge on any atom is 0.00861 e. The van der Waals surface area contributed by atoms with E-state index in [-0.39, 0.29) is 0 Å². The van der Waals surface area contributed by atoms with E-state index in [4.69, 9.17) is 0 Å². The van der Waals surface area contributed by atoms with Gasteiger partial charge >= 0.3 is 0 Å². The van der Waals surface area contributed by atoms with E-state index in [0.717, 1.165) is 5.33 Å². The van der Waals surface area contributed by atoms with Crippen LogP contribution in [0.5, 0.6) is 0 Å². The molecule has 1 aromatic rings. The van der Waals surface area contributed by atoms with Crippen LogP contribution in [-0.4, -0.2) is 5.33 Å². The van der Waals surface area contributed by atoms with Gasteiger partial charge in [0.25, 0.3) is 0 Å². The van der Waals surface area contributed by atoms with Crippen LogP contribution in [0.15, 0.2) is 12.1 Å². The molecule has 0 saturated heterocycles. The van der Waals surface area contributed by atoms with Gasteiger partial charge in [-0.05, 0) is 30.9 Å². The molecule has 0 N–H and O–H groups in total. The van der Waals surface area contributed by atoms with Crippen LogP contribution in [0.4, 0.5) is 0 Å². The molecular weight excluding hydrogens is 232 g/mol. The zero-order chi connectivity index (χ0) is 9.19. The fraction of sp³-hybridized carbons (Fsp3) is 0.600. The highest BCUT2D eigenvalue weighted by Gasteiger charge is 2.17. The van der Waals surface area contributed by atoms with Gasteiger partial charge in [-0.25, -0.2) is 0 Å². The summed E-state index contributed by atoms with van der Waals surface area (Å²) in [5, 5.41) is 1.07. The Morgan fingerprint density at radius 3 is 2.50 bits per heavy atom. The van der Waals surface area contributed by atoms with Crippen LogP contribution >= 0.6 is 27.3 Å². The number of hydrogen-bond donors (Lipinski definition) is 0. The molecule has 1 heterocycles. The average molecular weight is 247 g/mol. The van der Waals surface area contributed by atoms with Crippen molar-refractivity contribution in [2.45, 2.75) is 27.2 Å². The molecule has 12 heavy (non-hydrogen) atoms. The summed E-state index contributed by atoms with van der Waals surface area (Å²) < 4.78 is 0. The predicted molar refractivity (Wildman–Crippen MR) is 60.3 cm³/mol. The van der Waals surface area contributed by atoms with Crippen molar-refractivity contribution >= 4 is 27.3 Å². The highest BCUT2D eigenvalue weighted by Crippen LogP contribution is 2.27. The van der Waals surface area contributed by atoms with Crippen LogP contribution in [0.1, 0.15) is 23.6 Å². The molecule has 0 spiro atoms. The third kappa shape index (κ3) is 2.91. The van der Waals surface area contributed by atoms with E-state index in [9.17, 15) is 0 Å². The first-order valence-corrected chi connectivity index (χ1v) is 6.08. The first-order valence-electron chi connectivity index (χ1n) is 4.15. The van der Waals surface area contributed by atoms with Gasteiger partial charge in [0.05, 0.1) is 0 Å². The largest absolute Gasteiger partial charge is 0.146 e. The van der Waals surface area contributed by atoms with Gasteiger partial charge in [-0.1, -0.05) is 29.8 Å². The number of halogens is 1. The minimum atomic E-state index is 0.386. The molecule has 2 heteroatoms. The van der Waals surface area contributed by atoms with Crippen LogP contribution in [-0.2, 0) is 6.42 Å². The Morgan fingerprint density at radius 1 is 1.42 bits per heavy atom. The smallest absolute Gasteiger partial charge is 0.00861 e. The summed E-state index contributed by atoms with van der Waals surface area (Å²) in [6, 6.07) is 4.44. The van der Waals surface area contributed by atoms with Gasteiger partial charge in [0.1, 0.15) is 0 Å². The Balaban J connectivity index is 2.63. The molecule has 0 aromatic carbocycles. The monoisotopic (exact) mass is 246 g/mol. The van der Waals surface area contributed by atoms with Crippen molar-refractivity contribution in [3.05, 3.63) is 21.9 Å². The van der Waals surface area contributed by atoms with E-state index < -0.39 is 0 Å². The summed E-state index contributed by atoms with van der Waals surface area (Å²) in [6.45, 7) is 6.74. The fourth-order valence-corrected chi connectivity index (χ4v) is 2.45. The minimum Gasteiger partial charge on any atom is -0.146 e. The summed E-state index contributed by atoms with van der Waals surface area (Å²) in [5.41, 5.74) is 0.386. The van der Waals surface area contributed by atoms with Crippen molar-refractivity contribution in [2.75, 3.05) is 5.33 Å². The van der Waals surface area contributed by atoms with Crippen molar-refractivity contribution in [1.82, 2.24) is 0 Å². The highest BCUT2D eigenvalue weighted by molar-refractivity contribution is 9.09. The van der Waals surface area contributed by atoms with E-state index in [2.05, 4.69) is 48.8 Å². The third-order valence-corrected chi connectivity index (χ3v) is 4.33. The second-order valence-electron chi connectivity index (χ2n) is 3.99. The molecule has 0 saturated carbocycles. The van der Waals surface area contributed by atoms with Crippen LogP contribution in [0.2, 0.25) is 0 Å². The van der Waals surface area contributed by atoms with Gasteiger partial charge in [0.15, 0.2) is 0 Å². The average Bonchev–Trinajstić information content (AvgIpc) is 2.35. The molecule has 0 radical (unpaired) electrons. The van der Waals surface area contributed by atoms with E-state index in [1.165, 1.54) is 16.2 Å². The van der Waals surface area contributed by atoms with Crippen molar-refractivity contribution in [3.63, 3.8) is 0 Å². The van der Waals surface area contributed by atoms with Crippen LogP contribution < -0.4 is 0 Å². The minimum absolute atomic E-state index is 0.386. The number of hydrogen-bond acceptors (Lipinski definition) is 1. The zero-order valence-corrected chi connectivity index (χ0v) is 10.3. The molecule has 0 aliphatic carbocycles. The normalized spacial score (nSPS) is 12.0. The Hall–Kier alpha value is 0.180. The van der Waals surface area contributed by atoms with Crippen molar-refractivity contribution in [3.8, 4) is 0 Å². The van der Waals surface area contributed by atoms with Gasteiger partial charge in [-0.3, -0.25) is 0 Å². The molecule has 0 aliphatic rings. The maximum atomic E-state index is 3.54. The Labute approximate surface area is 87.1 Å². The molecule has 1 aromatic heterocycles. The first kappa shape index (κ1) is 10.3. The number of alkyl halides is 1. The zero-order valence-electron chi connectivity index (χ0n) is 7.86. The Morgan fingerprint density at radius 2 is 2.08 bits per heavy atom. The topological polar surface area (TPSA) is 0 Å². The van der Waals surface area contributed by atoms with Crippen molar-refractivity contribution in [2.24, 2.45) is 5.41 Å². The number of rotatable bonds is 3. The van der Waals surface area contributed by atoms with E-state index in [1.54, 1.807) is 0 Å². The molecule has 1 rings (SSSR count). The highest BCUT2D eigenvalue weighted by atomic mass is 79.9. The lowest BCUT2D eigenvalue weighted by molar-refractivity contribution is 0.428. The third-order valence-electron chi connectivity index (χ3n) is 1.81. The Kier molecular flexibility index (Phi) is 3.36. The van der Waals surface area contributed by atoms with Crippen molar-refractivity contribution < 1.29 is 0 Å². The summed E-state index contributed by atoms with van der Waals surface area (Å²) in [6.07, 6.45) is 1.18. The van der Waals surface area contributed by atoms with Crippen LogP contribution in [0.25, 0.3) is 0 Å². The lowest BCUT2D eigenvalue weighted by Gasteiger charge is -2.20. The molecule has 0 bridgehead atoms. The SMILES string of the molecule is Cc1ccc(CC(C)(C)CBr)s1. The predicted octanol–water partition coefficient (Wildman–Crippen LogP) is 4.02. The second kappa shape index (κ2) is 3.93. The summed E-state index contributed by atoms with van der Waals surface area (Å²) in [5.74, 6) is 0. The van der Waals surface area contributed by atoms with Gasteiger partial charge in [-0.2, -0.15) is 0 Å². The van der Waals surface area contributed by atoms with Gasteiger partial charge in [0, 0.05) is 15.1 Å². The molecule has 0 atom stereocenters. The number of thiophene rings is 1. The molecule has 0 aliphatic heterocycles. The summed E-state index contributed by atoms with van der Waals surface area (Å²) in [7, 11) is 0. The van der Waals surface area contributed by atoms with Gasteiger partial charge in [0.2, 0.25) is 0 Å². The Bertz CT molecular complexity index is 250. The lowest BCUT2D eigenvalue weighted by Crippen LogP contribution is -2.15. The van der Waals surface area contributed by atoms with Crippen molar-refractivity contribution in [1.29, 1.82) is 0 Å². The van der Waals surface area contributed by atoms with E-state index >= 15 is 0 Å². The van der Waals surface area contributed by atoms with E-state index in [1.807, 2.05) is 11.3 Å². The standard InChI is InChI=1S/C10H15BrS/c1-8-4-5-9(12-8)6-10(2,3)7-11/h4-5H,6-7H2,1-3H3. The van der Waals surface area contributed by atoms with Crippen LogP contribution in [0.3, 0.4) is 0 Å². The van der Waals surface area contributed by atoms with E-state index in [0.29, 0.717) is 5.41 Å². The molecule has 0 fully saturated rings. The molecule has 0 unspecified atom stereocenters. The van der Waals surface area contributed by atoms with Crippen LogP contribution in [0, 0.1) is 12.3 Å². The summed E-state index contributed by atoms with van der Waals surface area (Å²) >= 11 is 5.45. The van der Waals surface area contributed by atoms with Gasteiger partial charge < -0.3 is 0 Å². The quantitative estimate of drug-likeness (QED) is 0.707. The molecule has 0 nitrogen and oxygen atoms in total. The molecule has 0 amide bonds. The fourth-order valence-electron chi connectivity index (χ4n) is 1.10. The second-order valence-corrected chi connectivity index (χ2v) is 5.92. The lowest BCUT2D eigenvalue weighted by atomic mass is 9.91.